The van der Waals surface area contributed by atoms with Crippen LogP contribution in [-0.2, 0) is 6.54 Å². The van der Waals surface area contributed by atoms with Crippen LogP contribution < -0.4 is 5.32 Å². The third-order valence-corrected chi connectivity index (χ3v) is 2.35. The second-order valence-electron chi connectivity index (χ2n) is 2.75. The molecular weight excluding hydrogens is 202 g/mol. The van der Waals surface area contributed by atoms with E-state index in [4.69, 9.17) is 9.52 Å². The summed E-state index contributed by atoms with van der Waals surface area (Å²) >= 11 is 1.75. The molecule has 0 aromatic carbocycles. The zero-order valence-electron chi connectivity index (χ0n) is 7.95. The van der Waals surface area contributed by atoms with Crippen LogP contribution in [0.5, 0.6) is 0 Å². The number of carboxylic acid groups (broad SMARTS) is 1. The zero-order valence-corrected chi connectivity index (χ0v) is 8.76. The van der Waals surface area contributed by atoms with Gasteiger partial charge in [0.2, 0.25) is 5.76 Å². The number of hydrogen-bond acceptors (Lipinski definition) is 4. The van der Waals surface area contributed by atoms with Gasteiger partial charge in [-0.15, -0.1) is 0 Å². The summed E-state index contributed by atoms with van der Waals surface area (Å²) < 4.78 is 4.84. The van der Waals surface area contributed by atoms with E-state index in [9.17, 15) is 4.79 Å². The molecule has 78 valence electrons. The van der Waals surface area contributed by atoms with Crippen molar-refractivity contribution in [2.24, 2.45) is 0 Å². The highest BCUT2D eigenvalue weighted by Gasteiger charge is 2.12. The van der Waals surface area contributed by atoms with Gasteiger partial charge in [0.25, 0.3) is 0 Å². The number of nitrogens with one attached hydrogen (secondary N) is 1. The Balaban J connectivity index is 2.42. The summed E-state index contributed by atoms with van der Waals surface area (Å²) in [5.41, 5.74) is 0.693. The lowest BCUT2D eigenvalue weighted by Gasteiger charge is -2.01. The summed E-state index contributed by atoms with van der Waals surface area (Å²) in [6.07, 6.45) is 3.43. The van der Waals surface area contributed by atoms with Crippen LogP contribution >= 0.6 is 11.8 Å². The molecular formula is C9H13NO3S. The third kappa shape index (κ3) is 3.08. The quantitative estimate of drug-likeness (QED) is 0.703. The first-order valence-electron chi connectivity index (χ1n) is 4.25. The maximum Gasteiger partial charge on any atom is 0.372 e. The average molecular weight is 215 g/mol. The highest BCUT2D eigenvalue weighted by atomic mass is 32.2. The van der Waals surface area contributed by atoms with Gasteiger partial charge in [-0.25, -0.2) is 4.79 Å². The maximum absolute atomic E-state index is 10.6. The van der Waals surface area contributed by atoms with E-state index in [2.05, 4.69) is 5.32 Å². The summed E-state index contributed by atoms with van der Waals surface area (Å²) in [5, 5.41) is 11.9. The Morgan fingerprint density at radius 2 is 2.50 bits per heavy atom. The Morgan fingerprint density at radius 1 is 1.71 bits per heavy atom. The zero-order chi connectivity index (χ0) is 10.4. The second-order valence-corrected chi connectivity index (χ2v) is 3.74. The van der Waals surface area contributed by atoms with E-state index in [1.807, 2.05) is 6.26 Å². The van der Waals surface area contributed by atoms with Crippen molar-refractivity contribution >= 4 is 17.7 Å². The van der Waals surface area contributed by atoms with Crippen LogP contribution in [-0.4, -0.2) is 29.6 Å². The molecule has 14 heavy (non-hydrogen) atoms. The highest BCUT2D eigenvalue weighted by molar-refractivity contribution is 7.98. The molecule has 5 heteroatoms. The molecule has 1 rings (SSSR count). The Hall–Kier alpha value is -0.940. The van der Waals surface area contributed by atoms with E-state index in [0.29, 0.717) is 12.1 Å². The smallest absolute Gasteiger partial charge is 0.372 e. The summed E-state index contributed by atoms with van der Waals surface area (Å²) in [4.78, 5) is 10.6. The molecule has 0 bridgehead atoms. The van der Waals surface area contributed by atoms with Gasteiger partial charge in [0.1, 0.15) is 0 Å². The molecule has 0 aliphatic carbocycles. The Kier molecular flexibility index (Phi) is 4.55. The fourth-order valence-corrected chi connectivity index (χ4v) is 1.41. The molecule has 1 heterocycles. The topological polar surface area (TPSA) is 62.5 Å². The normalized spacial score (nSPS) is 10.4. The van der Waals surface area contributed by atoms with Gasteiger partial charge in [0.05, 0.1) is 6.26 Å². The average Bonchev–Trinajstić information content (AvgIpc) is 2.60. The molecule has 0 atom stereocenters. The highest BCUT2D eigenvalue weighted by Crippen LogP contribution is 2.09. The third-order valence-electron chi connectivity index (χ3n) is 1.74. The van der Waals surface area contributed by atoms with Crippen molar-refractivity contribution in [3.05, 3.63) is 23.7 Å². The molecule has 1 aromatic rings. The van der Waals surface area contributed by atoms with Crippen molar-refractivity contribution in [3.8, 4) is 0 Å². The van der Waals surface area contributed by atoms with Crippen molar-refractivity contribution in [2.45, 2.75) is 6.54 Å². The van der Waals surface area contributed by atoms with Crippen molar-refractivity contribution in [2.75, 3.05) is 18.6 Å². The monoisotopic (exact) mass is 215 g/mol. The largest absolute Gasteiger partial charge is 0.475 e. The predicted octanol–water partition coefficient (Wildman–Crippen LogP) is 1.43. The van der Waals surface area contributed by atoms with E-state index in [1.165, 1.54) is 6.26 Å². The number of rotatable bonds is 6. The van der Waals surface area contributed by atoms with Crippen molar-refractivity contribution in [1.29, 1.82) is 0 Å². The Bertz CT molecular complexity index is 298. The van der Waals surface area contributed by atoms with Gasteiger partial charge >= 0.3 is 5.97 Å². The summed E-state index contributed by atoms with van der Waals surface area (Å²) in [6, 6.07) is 1.68. The lowest BCUT2D eigenvalue weighted by molar-refractivity contribution is 0.0660. The van der Waals surface area contributed by atoms with Crippen molar-refractivity contribution < 1.29 is 14.3 Å². The van der Waals surface area contributed by atoms with Gasteiger partial charge < -0.3 is 14.8 Å². The first-order chi connectivity index (χ1) is 6.75. The molecule has 0 saturated heterocycles. The van der Waals surface area contributed by atoms with Gasteiger partial charge in [0, 0.05) is 24.4 Å². The lowest BCUT2D eigenvalue weighted by atomic mass is 10.2. The molecule has 0 unspecified atom stereocenters. The van der Waals surface area contributed by atoms with E-state index >= 15 is 0 Å². The first kappa shape index (κ1) is 11.1. The molecule has 0 radical (unpaired) electrons. The number of carboxylic acids is 1. The number of hydrogen-bond donors (Lipinski definition) is 2. The van der Waals surface area contributed by atoms with Crippen LogP contribution in [0.25, 0.3) is 0 Å². The second kappa shape index (κ2) is 5.72. The Morgan fingerprint density at radius 3 is 3.14 bits per heavy atom. The van der Waals surface area contributed by atoms with E-state index in [0.717, 1.165) is 12.3 Å². The van der Waals surface area contributed by atoms with Crippen LogP contribution in [0.15, 0.2) is 16.7 Å². The van der Waals surface area contributed by atoms with Crippen molar-refractivity contribution in [1.82, 2.24) is 5.32 Å². The minimum atomic E-state index is -1.02. The number of aromatic carboxylic acids is 1. The molecule has 1 aromatic heterocycles. The van der Waals surface area contributed by atoms with Crippen LogP contribution in [0.1, 0.15) is 16.1 Å². The number of furan rings is 1. The van der Waals surface area contributed by atoms with Crippen LogP contribution in [0.3, 0.4) is 0 Å². The molecule has 4 nitrogen and oxygen atoms in total. The molecule has 0 fully saturated rings. The van der Waals surface area contributed by atoms with E-state index in [-0.39, 0.29) is 5.76 Å². The summed E-state index contributed by atoms with van der Waals surface area (Å²) in [5.74, 6) is 0.0265. The molecule has 0 amide bonds. The van der Waals surface area contributed by atoms with E-state index < -0.39 is 5.97 Å². The first-order valence-corrected chi connectivity index (χ1v) is 5.64. The van der Waals surface area contributed by atoms with Crippen LogP contribution in [0, 0.1) is 0 Å². The van der Waals surface area contributed by atoms with Crippen LogP contribution in [0.2, 0.25) is 0 Å². The van der Waals surface area contributed by atoms with Gasteiger partial charge in [-0.3, -0.25) is 0 Å². The fraction of sp³-hybridized carbons (Fsp3) is 0.444. The van der Waals surface area contributed by atoms with Gasteiger partial charge in [-0.2, -0.15) is 11.8 Å². The molecule has 0 aliphatic rings. The summed E-state index contributed by atoms with van der Waals surface area (Å²) in [7, 11) is 0. The minimum Gasteiger partial charge on any atom is -0.475 e. The van der Waals surface area contributed by atoms with Gasteiger partial charge in [0.15, 0.2) is 0 Å². The van der Waals surface area contributed by atoms with Crippen LogP contribution in [0.4, 0.5) is 0 Å². The minimum absolute atomic E-state index is 0.0293. The summed E-state index contributed by atoms with van der Waals surface area (Å²) in [6.45, 7) is 1.41. The molecule has 2 N–H and O–H groups in total. The van der Waals surface area contributed by atoms with Crippen molar-refractivity contribution in [3.63, 3.8) is 0 Å². The molecule has 0 saturated carbocycles. The fourth-order valence-electron chi connectivity index (χ4n) is 1.06. The molecule has 0 aliphatic heterocycles. The standard InChI is InChI=1S/C9H13NO3S/c1-14-5-3-10-6-7-2-4-13-8(7)9(11)12/h2,4,10H,3,5-6H2,1H3,(H,11,12). The maximum atomic E-state index is 10.6. The van der Waals surface area contributed by atoms with Gasteiger partial charge in [-0.1, -0.05) is 0 Å². The lowest BCUT2D eigenvalue weighted by Crippen LogP contribution is -2.17. The van der Waals surface area contributed by atoms with E-state index in [1.54, 1.807) is 17.8 Å². The predicted molar refractivity (Wildman–Crippen MR) is 55.8 cm³/mol. The van der Waals surface area contributed by atoms with Gasteiger partial charge in [-0.05, 0) is 12.3 Å². The Labute approximate surface area is 86.7 Å². The number of carbonyl (C=O) groups is 1. The number of thioether (sulfide) groups is 1. The SMILES string of the molecule is CSCCNCc1ccoc1C(=O)O. The molecule has 0 spiro atoms.